The molecule has 6 heterocycles. The first-order chi connectivity index (χ1) is 18.7. The van der Waals surface area contributed by atoms with Gasteiger partial charge in [0.2, 0.25) is 5.95 Å². The fraction of sp³-hybridized carbons (Fsp3) is 0.444. The first kappa shape index (κ1) is 23.3. The van der Waals surface area contributed by atoms with E-state index in [1.807, 2.05) is 35.1 Å². The molecule has 3 atom stereocenters. The molecule has 0 saturated carbocycles. The van der Waals surface area contributed by atoms with Gasteiger partial charge < -0.3 is 19.7 Å². The van der Waals surface area contributed by atoms with E-state index < -0.39 is 0 Å². The van der Waals surface area contributed by atoms with E-state index in [1.54, 1.807) is 24.0 Å². The smallest absolute Gasteiger partial charge is 0.251 e. The third-order valence-corrected chi connectivity index (χ3v) is 7.78. The van der Waals surface area contributed by atoms with Gasteiger partial charge in [0.15, 0.2) is 11.5 Å². The zero-order valence-corrected chi connectivity index (χ0v) is 21.3. The molecule has 3 aliphatic heterocycles. The average Bonchev–Trinajstić information content (AvgIpc) is 3.68. The lowest BCUT2D eigenvalue weighted by molar-refractivity contribution is -0.0395. The number of carbonyl (C=O) groups is 1. The van der Waals surface area contributed by atoms with E-state index in [-0.39, 0.29) is 24.2 Å². The van der Waals surface area contributed by atoms with Crippen LogP contribution in [-0.4, -0.2) is 74.4 Å². The van der Waals surface area contributed by atoms with Crippen molar-refractivity contribution in [1.82, 2.24) is 34.8 Å². The molecule has 196 valence electrons. The van der Waals surface area contributed by atoms with Gasteiger partial charge in [-0.2, -0.15) is 19.9 Å². The van der Waals surface area contributed by atoms with Gasteiger partial charge in [0.25, 0.3) is 5.91 Å². The van der Waals surface area contributed by atoms with Gasteiger partial charge in [0.1, 0.15) is 6.23 Å². The van der Waals surface area contributed by atoms with E-state index in [2.05, 4.69) is 10.2 Å². The summed E-state index contributed by atoms with van der Waals surface area (Å²) in [5.41, 5.74) is 2.82. The van der Waals surface area contributed by atoms with E-state index in [0.29, 0.717) is 36.2 Å². The van der Waals surface area contributed by atoms with E-state index >= 15 is 0 Å². The minimum Gasteiger partial charge on any atom is -0.377 e. The molecule has 11 nitrogen and oxygen atoms in total. The van der Waals surface area contributed by atoms with Crippen LogP contribution in [0.1, 0.15) is 48.7 Å². The van der Waals surface area contributed by atoms with E-state index in [0.717, 1.165) is 55.4 Å². The highest BCUT2D eigenvalue weighted by Gasteiger charge is 2.39. The monoisotopic (exact) mass is 514 g/mol. The van der Waals surface area contributed by atoms with Crippen molar-refractivity contribution in [3.63, 3.8) is 0 Å². The Morgan fingerprint density at radius 1 is 1.08 bits per heavy atom. The van der Waals surface area contributed by atoms with Crippen molar-refractivity contribution in [2.45, 2.75) is 50.4 Å². The molecule has 3 unspecified atom stereocenters. The molecule has 1 N–H and O–H groups in total. The average molecular weight is 515 g/mol. The Hall–Kier alpha value is -3.83. The summed E-state index contributed by atoms with van der Waals surface area (Å²) in [6.07, 6.45) is 8.93. The second kappa shape index (κ2) is 9.48. The number of benzene rings is 1. The van der Waals surface area contributed by atoms with Crippen molar-refractivity contribution in [3.05, 3.63) is 48.3 Å². The SMILES string of the molecule is CNC(=O)c1cccc(-c2nc(N3C4CCC3COC4)nc3c2cnn3-c2ccn(C3CCCCO3)n2)c1. The summed E-state index contributed by atoms with van der Waals surface area (Å²) in [4.78, 5) is 24.8. The topological polar surface area (TPSA) is 112 Å². The molecule has 11 heteroatoms. The van der Waals surface area contributed by atoms with Crippen LogP contribution < -0.4 is 10.2 Å². The lowest BCUT2D eigenvalue weighted by Crippen LogP contribution is -2.46. The van der Waals surface area contributed by atoms with Crippen LogP contribution in [0.2, 0.25) is 0 Å². The van der Waals surface area contributed by atoms with Crippen molar-refractivity contribution in [1.29, 1.82) is 0 Å². The molecule has 4 aromatic rings. The van der Waals surface area contributed by atoms with Crippen LogP contribution in [0.5, 0.6) is 0 Å². The van der Waals surface area contributed by atoms with E-state index in [1.165, 1.54) is 0 Å². The maximum Gasteiger partial charge on any atom is 0.251 e. The number of rotatable bonds is 5. The van der Waals surface area contributed by atoms with Crippen molar-refractivity contribution < 1.29 is 14.3 Å². The maximum atomic E-state index is 12.4. The third kappa shape index (κ3) is 3.93. The van der Waals surface area contributed by atoms with Crippen LogP contribution in [0.25, 0.3) is 28.1 Å². The van der Waals surface area contributed by atoms with Crippen LogP contribution in [0, 0.1) is 0 Å². The summed E-state index contributed by atoms with van der Waals surface area (Å²) < 4.78 is 15.4. The largest absolute Gasteiger partial charge is 0.377 e. The molecule has 2 bridgehead atoms. The molecule has 1 aromatic carbocycles. The highest BCUT2D eigenvalue weighted by molar-refractivity contribution is 5.97. The first-order valence-electron chi connectivity index (χ1n) is 13.3. The predicted octanol–water partition coefficient (Wildman–Crippen LogP) is 3.11. The lowest BCUT2D eigenvalue weighted by atomic mass is 10.1. The van der Waals surface area contributed by atoms with Crippen LogP contribution in [0.15, 0.2) is 42.7 Å². The zero-order valence-electron chi connectivity index (χ0n) is 21.3. The van der Waals surface area contributed by atoms with Gasteiger partial charge in [-0.3, -0.25) is 4.79 Å². The van der Waals surface area contributed by atoms with Crippen LogP contribution in [0.3, 0.4) is 0 Å². The Bertz CT molecular complexity index is 1470. The van der Waals surface area contributed by atoms with Gasteiger partial charge >= 0.3 is 0 Å². The minimum absolute atomic E-state index is 0.0588. The van der Waals surface area contributed by atoms with Gasteiger partial charge in [-0.1, -0.05) is 12.1 Å². The summed E-state index contributed by atoms with van der Waals surface area (Å²) >= 11 is 0. The number of nitrogens with one attached hydrogen (secondary N) is 1. The highest BCUT2D eigenvalue weighted by atomic mass is 16.5. The number of hydrogen-bond acceptors (Lipinski definition) is 8. The number of carbonyl (C=O) groups excluding carboxylic acids is 1. The number of anilines is 1. The number of nitrogens with zero attached hydrogens (tertiary/aromatic N) is 7. The van der Waals surface area contributed by atoms with Gasteiger partial charge in [-0.15, -0.1) is 0 Å². The van der Waals surface area contributed by atoms with Crippen molar-refractivity contribution in [2.24, 2.45) is 0 Å². The summed E-state index contributed by atoms with van der Waals surface area (Å²) in [5.74, 6) is 1.19. The fourth-order valence-corrected chi connectivity index (χ4v) is 5.84. The highest BCUT2D eigenvalue weighted by Crippen LogP contribution is 2.36. The number of fused-ring (bicyclic) bond motifs is 3. The molecule has 3 aromatic heterocycles. The number of ether oxygens (including phenoxy) is 2. The molecule has 38 heavy (non-hydrogen) atoms. The van der Waals surface area contributed by atoms with Gasteiger partial charge in [-0.25, -0.2) is 9.67 Å². The molecule has 3 aliphatic rings. The van der Waals surface area contributed by atoms with Crippen molar-refractivity contribution >= 4 is 22.9 Å². The van der Waals surface area contributed by atoms with E-state index in [4.69, 9.17) is 29.6 Å². The normalized spacial score (nSPS) is 23.2. The Labute approximate surface area is 219 Å². The molecule has 0 aliphatic carbocycles. The number of hydrogen-bond donors (Lipinski definition) is 1. The summed E-state index contributed by atoms with van der Waals surface area (Å²) in [6.45, 7) is 2.09. The predicted molar refractivity (Wildman–Crippen MR) is 140 cm³/mol. The molecular weight excluding hydrogens is 484 g/mol. The quantitative estimate of drug-likeness (QED) is 0.432. The van der Waals surface area contributed by atoms with Gasteiger partial charge in [-0.05, 0) is 44.2 Å². The standard InChI is InChI=1S/C27H30N8O3/c1-28-26(36)18-6-4-5-17(13-18)24-21-14-29-35(22-10-11-33(32-22)23-7-2-3-12-38-23)25(21)31-27(30-24)34-19-8-9-20(34)16-37-15-19/h4-6,10-11,13-14,19-20,23H,2-3,7-9,12,15-16H2,1H3,(H,28,36). The maximum absolute atomic E-state index is 12.4. The number of aromatic nitrogens is 6. The van der Waals surface area contributed by atoms with Crippen LogP contribution in [0.4, 0.5) is 5.95 Å². The van der Waals surface area contributed by atoms with Crippen molar-refractivity contribution in [3.8, 4) is 17.1 Å². The third-order valence-electron chi connectivity index (χ3n) is 7.78. The molecule has 1 amide bonds. The van der Waals surface area contributed by atoms with Crippen molar-refractivity contribution in [2.75, 3.05) is 31.8 Å². The summed E-state index contributed by atoms with van der Waals surface area (Å²) in [5, 5.41) is 13.0. The Balaban J connectivity index is 1.37. The Morgan fingerprint density at radius 3 is 2.74 bits per heavy atom. The second-order valence-corrected chi connectivity index (χ2v) is 10.1. The lowest BCUT2D eigenvalue weighted by Gasteiger charge is -2.34. The molecule has 3 fully saturated rings. The first-order valence-corrected chi connectivity index (χ1v) is 13.3. The summed E-state index contributed by atoms with van der Waals surface area (Å²) in [7, 11) is 1.63. The number of morpholine rings is 1. The Morgan fingerprint density at radius 2 is 1.95 bits per heavy atom. The molecule has 7 rings (SSSR count). The van der Waals surface area contributed by atoms with Crippen LogP contribution >= 0.6 is 0 Å². The molecule has 0 spiro atoms. The van der Waals surface area contributed by atoms with Gasteiger partial charge in [0.05, 0.1) is 42.6 Å². The van der Waals surface area contributed by atoms with E-state index in [9.17, 15) is 4.79 Å². The Kier molecular flexibility index (Phi) is 5.81. The summed E-state index contributed by atoms with van der Waals surface area (Å²) in [6, 6.07) is 9.94. The minimum atomic E-state index is -0.144. The van der Waals surface area contributed by atoms with Gasteiger partial charge in [0, 0.05) is 37.0 Å². The molecule has 0 radical (unpaired) electrons. The fourth-order valence-electron chi connectivity index (χ4n) is 5.84. The molecule has 3 saturated heterocycles. The second-order valence-electron chi connectivity index (χ2n) is 10.1. The van der Waals surface area contributed by atoms with Crippen LogP contribution in [-0.2, 0) is 9.47 Å². The molecular formula is C27H30N8O3. The number of amides is 1. The zero-order chi connectivity index (χ0) is 25.6.